The van der Waals surface area contributed by atoms with Gasteiger partial charge in [0, 0.05) is 19.3 Å². The molecular weight excluding hydrogens is 242 g/mol. The summed E-state index contributed by atoms with van der Waals surface area (Å²) < 4.78 is 5.17. The number of rotatable bonds is 4. The van der Waals surface area contributed by atoms with E-state index < -0.39 is 0 Å². The zero-order valence-electron chi connectivity index (χ0n) is 11.3. The van der Waals surface area contributed by atoms with Crippen molar-refractivity contribution in [3.8, 4) is 5.75 Å². The number of aromatic amines is 1. The molecule has 0 bridgehead atoms. The first-order chi connectivity index (χ1) is 9.11. The number of nitrogens with zero attached hydrogens (tertiary/aromatic N) is 2. The topological polar surface area (TPSA) is 58.2 Å². The van der Waals surface area contributed by atoms with Gasteiger partial charge in [0.05, 0.1) is 18.9 Å². The maximum absolute atomic E-state index is 12.2. The molecule has 0 radical (unpaired) electrons. The Hall–Kier alpha value is -2.30. The monoisotopic (exact) mass is 259 g/mol. The van der Waals surface area contributed by atoms with Gasteiger partial charge in [0.25, 0.3) is 5.91 Å². The number of methoxy groups -OCH3 is 1. The molecule has 1 heterocycles. The van der Waals surface area contributed by atoms with Crippen molar-refractivity contribution in [3.63, 3.8) is 0 Å². The Labute approximate surface area is 112 Å². The number of benzene rings is 1. The Morgan fingerprint density at radius 1 is 1.47 bits per heavy atom. The largest absolute Gasteiger partial charge is 0.497 e. The third kappa shape index (κ3) is 2.93. The summed E-state index contributed by atoms with van der Waals surface area (Å²) in [7, 11) is 3.40. The summed E-state index contributed by atoms with van der Waals surface area (Å²) in [5.41, 5.74) is 2.41. The molecule has 5 heteroatoms. The van der Waals surface area contributed by atoms with Crippen molar-refractivity contribution in [1.82, 2.24) is 15.1 Å². The molecule has 0 unspecified atom stereocenters. The van der Waals surface area contributed by atoms with E-state index in [1.54, 1.807) is 25.3 Å². The molecule has 0 aliphatic heterocycles. The van der Waals surface area contributed by atoms with Crippen molar-refractivity contribution >= 4 is 5.91 Å². The highest BCUT2D eigenvalue weighted by atomic mass is 16.5. The summed E-state index contributed by atoms with van der Waals surface area (Å²) in [5, 5.41) is 6.64. The van der Waals surface area contributed by atoms with E-state index in [4.69, 9.17) is 4.74 Å². The van der Waals surface area contributed by atoms with E-state index in [2.05, 4.69) is 10.2 Å². The molecule has 100 valence electrons. The van der Waals surface area contributed by atoms with Crippen LogP contribution in [0.15, 0.2) is 30.5 Å². The Morgan fingerprint density at radius 2 is 2.26 bits per heavy atom. The third-order valence-electron chi connectivity index (χ3n) is 2.96. The predicted molar refractivity (Wildman–Crippen MR) is 72.1 cm³/mol. The Morgan fingerprint density at radius 3 is 2.89 bits per heavy atom. The van der Waals surface area contributed by atoms with E-state index >= 15 is 0 Å². The molecule has 1 N–H and O–H groups in total. The van der Waals surface area contributed by atoms with Gasteiger partial charge in [-0.2, -0.15) is 5.10 Å². The van der Waals surface area contributed by atoms with Crippen molar-refractivity contribution in [2.45, 2.75) is 13.5 Å². The first-order valence-corrected chi connectivity index (χ1v) is 6.00. The van der Waals surface area contributed by atoms with Gasteiger partial charge >= 0.3 is 0 Å². The van der Waals surface area contributed by atoms with Crippen LogP contribution in [0.5, 0.6) is 5.75 Å². The normalized spacial score (nSPS) is 10.3. The minimum atomic E-state index is -0.0472. The molecule has 19 heavy (non-hydrogen) atoms. The minimum Gasteiger partial charge on any atom is -0.497 e. The number of hydrogen-bond donors (Lipinski definition) is 1. The Bertz CT molecular complexity index is 578. The van der Waals surface area contributed by atoms with Crippen LogP contribution in [0.1, 0.15) is 21.6 Å². The average Bonchev–Trinajstić information content (AvgIpc) is 2.84. The molecule has 0 saturated heterocycles. The summed E-state index contributed by atoms with van der Waals surface area (Å²) in [6.07, 6.45) is 1.56. The molecule has 0 saturated carbocycles. The standard InChI is InChI=1S/C14H17N3O2/c1-10-13(8-15-16-10)14(18)17(2)9-11-5-4-6-12(7-11)19-3/h4-8H,9H2,1-3H3,(H,15,16). The molecule has 1 aromatic carbocycles. The van der Waals surface area contributed by atoms with Crippen LogP contribution in [0.2, 0.25) is 0 Å². The van der Waals surface area contributed by atoms with Crippen molar-refractivity contribution in [1.29, 1.82) is 0 Å². The number of amides is 1. The van der Waals surface area contributed by atoms with Gasteiger partial charge in [0.1, 0.15) is 5.75 Å². The fraction of sp³-hybridized carbons (Fsp3) is 0.286. The second-order valence-electron chi connectivity index (χ2n) is 4.42. The highest BCUT2D eigenvalue weighted by Gasteiger charge is 2.15. The van der Waals surface area contributed by atoms with Crippen molar-refractivity contribution < 1.29 is 9.53 Å². The SMILES string of the molecule is COc1cccc(CN(C)C(=O)c2cn[nH]c2C)c1. The molecule has 0 aliphatic carbocycles. The third-order valence-corrected chi connectivity index (χ3v) is 2.96. The maximum atomic E-state index is 12.2. The lowest BCUT2D eigenvalue weighted by atomic mass is 10.2. The van der Waals surface area contributed by atoms with Crippen LogP contribution in [0, 0.1) is 6.92 Å². The summed E-state index contributed by atoms with van der Waals surface area (Å²) in [4.78, 5) is 13.9. The van der Waals surface area contributed by atoms with Crippen molar-refractivity contribution in [2.24, 2.45) is 0 Å². The lowest BCUT2D eigenvalue weighted by Gasteiger charge is -2.17. The average molecular weight is 259 g/mol. The van der Waals surface area contributed by atoms with E-state index in [9.17, 15) is 4.79 Å². The lowest BCUT2D eigenvalue weighted by molar-refractivity contribution is 0.0784. The summed E-state index contributed by atoms with van der Waals surface area (Å²) in [6, 6.07) is 7.68. The van der Waals surface area contributed by atoms with E-state index in [-0.39, 0.29) is 5.91 Å². The smallest absolute Gasteiger partial charge is 0.257 e. The summed E-state index contributed by atoms with van der Waals surface area (Å²) in [6.45, 7) is 2.36. The van der Waals surface area contributed by atoms with Gasteiger partial charge in [-0.05, 0) is 24.6 Å². The number of H-pyrrole nitrogens is 1. The van der Waals surface area contributed by atoms with Gasteiger partial charge in [-0.15, -0.1) is 0 Å². The number of aromatic nitrogens is 2. The molecular formula is C14H17N3O2. The second-order valence-corrected chi connectivity index (χ2v) is 4.42. The molecule has 1 amide bonds. The van der Waals surface area contributed by atoms with Gasteiger partial charge in [0.2, 0.25) is 0 Å². The molecule has 2 aromatic rings. The molecule has 0 spiro atoms. The molecule has 0 aliphatic rings. The van der Waals surface area contributed by atoms with Gasteiger partial charge in [-0.1, -0.05) is 12.1 Å². The van der Waals surface area contributed by atoms with Gasteiger partial charge in [-0.3, -0.25) is 9.89 Å². The van der Waals surface area contributed by atoms with Crippen LogP contribution in [-0.2, 0) is 6.54 Å². The molecule has 1 aromatic heterocycles. The first-order valence-electron chi connectivity index (χ1n) is 6.00. The molecule has 2 rings (SSSR count). The quantitative estimate of drug-likeness (QED) is 0.913. The van der Waals surface area contributed by atoms with E-state index in [1.807, 2.05) is 31.2 Å². The van der Waals surface area contributed by atoms with Crippen LogP contribution in [0.4, 0.5) is 0 Å². The highest BCUT2D eigenvalue weighted by molar-refractivity contribution is 5.94. The van der Waals surface area contributed by atoms with Crippen LogP contribution < -0.4 is 4.74 Å². The maximum Gasteiger partial charge on any atom is 0.257 e. The van der Waals surface area contributed by atoms with Crippen molar-refractivity contribution in [2.75, 3.05) is 14.2 Å². The fourth-order valence-corrected chi connectivity index (χ4v) is 1.89. The fourth-order valence-electron chi connectivity index (χ4n) is 1.89. The van der Waals surface area contributed by atoms with Gasteiger partial charge < -0.3 is 9.64 Å². The van der Waals surface area contributed by atoms with E-state index in [1.165, 1.54) is 0 Å². The number of carbonyl (C=O) groups excluding carboxylic acids is 1. The summed E-state index contributed by atoms with van der Waals surface area (Å²) in [5.74, 6) is 0.743. The highest BCUT2D eigenvalue weighted by Crippen LogP contribution is 2.15. The van der Waals surface area contributed by atoms with Gasteiger partial charge in [-0.25, -0.2) is 0 Å². The number of ether oxygens (including phenoxy) is 1. The number of aryl methyl sites for hydroxylation is 1. The van der Waals surface area contributed by atoms with Crippen LogP contribution in [0.3, 0.4) is 0 Å². The van der Waals surface area contributed by atoms with Crippen LogP contribution >= 0.6 is 0 Å². The Kier molecular flexibility index (Phi) is 3.85. The number of hydrogen-bond acceptors (Lipinski definition) is 3. The van der Waals surface area contributed by atoms with Gasteiger partial charge in [0.15, 0.2) is 0 Å². The summed E-state index contributed by atoms with van der Waals surface area (Å²) >= 11 is 0. The molecule has 0 atom stereocenters. The number of carbonyl (C=O) groups is 1. The first kappa shape index (κ1) is 13.1. The van der Waals surface area contributed by atoms with Crippen molar-refractivity contribution in [3.05, 3.63) is 47.3 Å². The van der Waals surface area contributed by atoms with Crippen LogP contribution in [0.25, 0.3) is 0 Å². The zero-order valence-corrected chi connectivity index (χ0v) is 11.3. The molecule has 5 nitrogen and oxygen atoms in total. The minimum absolute atomic E-state index is 0.0472. The van der Waals surface area contributed by atoms with Crippen LogP contribution in [-0.4, -0.2) is 35.2 Å². The second kappa shape index (κ2) is 5.56. The predicted octanol–water partition coefficient (Wildman–Crippen LogP) is 2.00. The van der Waals surface area contributed by atoms with E-state index in [0.717, 1.165) is 17.0 Å². The zero-order chi connectivity index (χ0) is 13.8. The molecule has 0 fully saturated rings. The van der Waals surface area contributed by atoms with E-state index in [0.29, 0.717) is 12.1 Å². The number of nitrogens with one attached hydrogen (secondary N) is 1. The Balaban J connectivity index is 2.10. The lowest BCUT2D eigenvalue weighted by Crippen LogP contribution is -2.26.